The maximum Gasteiger partial charge on any atom is 0.274 e. The van der Waals surface area contributed by atoms with E-state index in [2.05, 4.69) is 0 Å². The van der Waals surface area contributed by atoms with Crippen molar-refractivity contribution in [2.45, 2.75) is 6.61 Å². The molecule has 12 heavy (non-hydrogen) atoms. The fraction of sp³-hybridized carbons (Fsp3) is 0.143. The minimum Gasteiger partial charge on any atom is -0.391 e. The van der Waals surface area contributed by atoms with Gasteiger partial charge in [0.05, 0.1) is 11.5 Å². The number of nitrogens with zero attached hydrogens (tertiary/aromatic N) is 1. The quantitative estimate of drug-likeness (QED) is 0.375. The van der Waals surface area contributed by atoms with Gasteiger partial charge >= 0.3 is 0 Å². The van der Waals surface area contributed by atoms with E-state index in [9.17, 15) is 10.1 Å². The molecule has 1 aromatic carbocycles. The molecule has 0 aromatic heterocycles. The summed E-state index contributed by atoms with van der Waals surface area (Å²) < 4.78 is 0. The molecular formula is C7H6BNO3. The van der Waals surface area contributed by atoms with E-state index in [1.165, 1.54) is 18.2 Å². The zero-order chi connectivity index (χ0) is 9.14. The Morgan fingerprint density at radius 1 is 1.58 bits per heavy atom. The van der Waals surface area contributed by atoms with Crippen molar-refractivity contribution in [1.29, 1.82) is 0 Å². The van der Waals surface area contributed by atoms with Gasteiger partial charge in [0.1, 0.15) is 7.85 Å². The summed E-state index contributed by atoms with van der Waals surface area (Å²) in [5.41, 5.74) is 0.270. The number of aliphatic hydroxyl groups is 1. The van der Waals surface area contributed by atoms with Crippen molar-refractivity contribution in [2.75, 3.05) is 0 Å². The summed E-state index contributed by atoms with van der Waals surface area (Å²) in [5.74, 6) is 0. The molecule has 0 heterocycles. The van der Waals surface area contributed by atoms with Gasteiger partial charge in [0.15, 0.2) is 0 Å². The number of nitro groups is 1. The SMILES string of the molecule is [B]c1cccc([N+](=O)[O-])c1CO. The van der Waals surface area contributed by atoms with Crippen molar-refractivity contribution in [3.05, 3.63) is 33.9 Å². The van der Waals surface area contributed by atoms with E-state index in [1.54, 1.807) is 0 Å². The first-order valence-corrected chi connectivity index (χ1v) is 3.29. The first-order chi connectivity index (χ1) is 5.66. The predicted octanol–water partition coefficient (Wildman–Crippen LogP) is -0.119. The topological polar surface area (TPSA) is 63.4 Å². The average molecular weight is 163 g/mol. The maximum atomic E-state index is 10.4. The maximum absolute atomic E-state index is 10.4. The monoisotopic (exact) mass is 163 g/mol. The molecule has 0 atom stereocenters. The Morgan fingerprint density at radius 3 is 2.67 bits per heavy atom. The fourth-order valence-electron chi connectivity index (χ4n) is 0.935. The van der Waals surface area contributed by atoms with Crippen molar-refractivity contribution < 1.29 is 10.0 Å². The van der Waals surface area contributed by atoms with E-state index >= 15 is 0 Å². The summed E-state index contributed by atoms with van der Waals surface area (Å²) in [5, 5.41) is 19.1. The van der Waals surface area contributed by atoms with Crippen LogP contribution in [0.3, 0.4) is 0 Å². The number of hydrogen-bond donors (Lipinski definition) is 1. The van der Waals surface area contributed by atoms with Crippen LogP contribution in [0.25, 0.3) is 0 Å². The number of aliphatic hydroxyl groups excluding tert-OH is 1. The molecule has 0 aliphatic carbocycles. The van der Waals surface area contributed by atoms with E-state index in [0.717, 1.165) is 0 Å². The normalized spacial score (nSPS) is 9.75. The van der Waals surface area contributed by atoms with Crippen LogP contribution >= 0.6 is 0 Å². The van der Waals surface area contributed by atoms with Crippen LogP contribution in [0.2, 0.25) is 0 Å². The molecule has 0 aliphatic heterocycles. The van der Waals surface area contributed by atoms with Crippen molar-refractivity contribution >= 4 is 19.0 Å². The summed E-state index contributed by atoms with van der Waals surface area (Å²) in [6.45, 7) is -0.414. The molecule has 0 aliphatic rings. The Balaban J connectivity index is 3.27. The van der Waals surface area contributed by atoms with Gasteiger partial charge in [-0.3, -0.25) is 10.1 Å². The molecule has 2 radical (unpaired) electrons. The molecule has 5 heteroatoms. The van der Waals surface area contributed by atoms with Crippen LogP contribution in [0.15, 0.2) is 18.2 Å². The highest BCUT2D eigenvalue weighted by molar-refractivity contribution is 6.33. The van der Waals surface area contributed by atoms with Crippen LogP contribution in [0, 0.1) is 10.1 Å². The van der Waals surface area contributed by atoms with Gasteiger partial charge < -0.3 is 5.11 Å². The van der Waals surface area contributed by atoms with E-state index in [1.807, 2.05) is 0 Å². The Morgan fingerprint density at radius 2 is 2.25 bits per heavy atom. The number of benzene rings is 1. The highest BCUT2D eigenvalue weighted by Gasteiger charge is 2.12. The Kier molecular flexibility index (Phi) is 2.45. The lowest BCUT2D eigenvalue weighted by Gasteiger charge is -2.02. The lowest BCUT2D eigenvalue weighted by Crippen LogP contribution is -2.12. The molecule has 0 unspecified atom stereocenters. The lowest BCUT2D eigenvalue weighted by molar-refractivity contribution is -0.385. The Labute approximate surface area is 70.4 Å². The molecule has 0 amide bonds. The van der Waals surface area contributed by atoms with Crippen molar-refractivity contribution in [3.63, 3.8) is 0 Å². The van der Waals surface area contributed by atoms with Crippen LogP contribution in [0.1, 0.15) is 5.56 Å². The second-order valence-corrected chi connectivity index (χ2v) is 2.26. The molecule has 0 saturated heterocycles. The summed E-state index contributed by atoms with van der Waals surface area (Å²) in [4.78, 5) is 9.80. The van der Waals surface area contributed by atoms with E-state index in [-0.39, 0.29) is 16.7 Å². The van der Waals surface area contributed by atoms with Gasteiger partial charge in [-0.15, -0.1) is 0 Å². The standard InChI is InChI=1S/C7H6BNO3/c8-6-2-1-3-7(9(11)12)5(6)4-10/h1-3,10H,4H2. The van der Waals surface area contributed by atoms with Gasteiger partial charge in [-0.05, 0) is 0 Å². The second kappa shape index (κ2) is 3.36. The van der Waals surface area contributed by atoms with Gasteiger partial charge in [0.2, 0.25) is 0 Å². The van der Waals surface area contributed by atoms with E-state index in [0.29, 0.717) is 0 Å². The molecular weight excluding hydrogens is 157 g/mol. The largest absolute Gasteiger partial charge is 0.391 e. The minimum atomic E-state index is -0.568. The molecule has 0 saturated carbocycles. The van der Waals surface area contributed by atoms with Gasteiger partial charge in [0, 0.05) is 11.6 Å². The summed E-state index contributed by atoms with van der Waals surface area (Å²) in [7, 11) is 5.41. The molecule has 1 aromatic rings. The van der Waals surface area contributed by atoms with Crippen LogP contribution in [-0.4, -0.2) is 17.9 Å². The smallest absolute Gasteiger partial charge is 0.274 e. The van der Waals surface area contributed by atoms with Crippen molar-refractivity contribution in [1.82, 2.24) is 0 Å². The number of nitro benzene ring substituents is 1. The summed E-state index contributed by atoms with van der Waals surface area (Å²) in [6, 6.07) is 4.30. The van der Waals surface area contributed by atoms with Crippen LogP contribution < -0.4 is 5.46 Å². The third kappa shape index (κ3) is 1.45. The Hall–Kier alpha value is -1.36. The molecule has 0 bridgehead atoms. The molecule has 60 valence electrons. The zero-order valence-corrected chi connectivity index (χ0v) is 6.23. The number of hydrogen-bond acceptors (Lipinski definition) is 3. The Bertz CT molecular complexity index is 314. The van der Waals surface area contributed by atoms with Gasteiger partial charge in [-0.1, -0.05) is 17.6 Å². The highest BCUT2D eigenvalue weighted by atomic mass is 16.6. The minimum absolute atomic E-state index is 0.141. The molecule has 0 spiro atoms. The van der Waals surface area contributed by atoms with Gasteiger partial charge in [0.25, 0.3) is 5.69 Å². The summed E-state index contributed by atoms with van der Waals surface area (Å²) in [6.07, 6.45) is 0. The van der Waals surface area contributed by atoms with Crippen LogP contribution in [-0.2, 0) is 6.61 Å². The predicted molar refractivity (Wildman–Crippen MR) is 44.4 cm³/mol. The van der Waals surface area contributed by atoms with Crippen LogP contribution in [0.5, 0.6) is 0 Å². The molecule has 1 N–H and O–H groups in total. The third-order valence-corrected chi connectivity index (χ3v) is 1.54. The van der Waals surface area contributed by atoms with E-state index in [4.69, 9.17) is 13.0 Å². The highest BCUT2D eigenvalue weighted by Crippen LogP contribution is 2.14. The first-order valence-electron chi connectivity index (χ1n) is 3.29. The number of rotatable bonds is 2. The average Bonchev–Trinajstić information content (AvgIpc) is 2.03. The van der Waals surface area contributed by atoms with Gasteiger partial charge in [-0.2, -0.15) is 0 Å². The fourth-order valence-corrected chi connectivity index (χ4v) is 0.935. The summed E-state index contributed by atoms with van der Waals surface area (Å²) >= 11 is 0. The third-order valence-electron chi connectivity index (χ3n) is 1.54. The second-order valence-electron chi connectivity index (χ2n) is 2.26. The first kappa shape index (κ1) is 8.74. The lowest BCUT2D eigenvalue weighted by atomic mass is 9.90. The molecule has 4 nitrogen and oxygen atoms in total. The van der Waals surface area contributed by atoms with Gasteiger partial charge in [-0.25, -0.2) is 0 Å². The van der Waals surface area contributed by atoms with Crippen molar-refractivity contribution in [2.24, 2.45) is 0 Å². The van der Waals surface area contributed by atoms with E-state index < -0.39 is 11.5 Å². The zero-order valence-electron chi connectivity index (χ0n) is 6.23. The molecule has 1 rings (SSSR count). The van der Waals surface area contributed by atoms with Crippen LogP contribution in [0.4, 0.5) is 5.69 Å². The molecule has 0 fully saturated rings. The van der Waals surface area contributed by atoms with Crippen molar-refractivity contribution in [3.8, 4) is 0 Å².